The van der Waals surface area contributed by atoms with Crippen LogP contribution in [0.25, 0.3) is 0 Å². The standard InChI is InChI=1S/C19H26BrNO2/c1-4-15-11-13(7-10-23-15)18(22)21-9-8-19(2,3)16-6-5-14(20)12-17(16)21/h5-6,12-13,15H,4,7-11H2,1-3H3/t13-,15-/m1/s1. The Bertz CT molecular complexity index is 599. The van der Waals surface area contributed by atoms with Crippen molar-refractivity contribution in [3.63, 3.8) is 0 Å². The van der Waals surface area contributed by atoms with E-state index in [2.05, 4.69) is 54.9 Å². The maximum Gasteiger partial charge on any atom is 0.230 e. The number of benzene rings is 1. The van der Waals surface area contributed by atoms with E-state index in [-0.39, 0.29) is 23.3 Å². The van der Waals surface area contributed by atoms with E-state index in [4.69, 9.17) is 4.74 Å². The average Bonchev–Trinajstić information content (AvgIpc) is 2.54. The van der Waals surface area contributed by atoms with Gasteiger partial charge in [-0.2, -0.15) is 0 Å². The molecular formula is C19H26BrNO2. The Hall–Kier alpha value is -0.870. The maximum absolute atomic E-state index is 13.2. The molecule has 0 radical (unpaired) electrons. The van der Waals surface area contributed by atoms with Crippen molar-refractivity contribution in [3.05, 3.63) is 28.2 Å². The van der Waals surface area contributed by atoms with E-state index in [0.717, 1.165) is 42.4 Å². The fourth-order valence-electron chi connectivity index (χ4n) is 3.79. The summed E-state index contributed by atoms with van der Waals surface area (Å²) in [4.78, 5) is 15.2. The molecule has 2 heterocycles. The molecule has 0 aliphatic carbocycles. The highest BCUT2D eigenvalue weighted by Crippen LogP contribution is 2.42. The highest BCUT2D eigenvalue weighted by molar-refractivity contribution is 9.10. The van der Waals surface area contributed by atoms with Crippen molar-refractivity contribution in [2.75, 3.05) is 18.1 Å². The predicted octanol–water partition coefficient (Wildman–Crippen LogP) is 4.67. The zero-order valence-electron chi connectivity index (χ0n) is 14.3. The molecule has 2 atom stereocenters. The lowest BCUT2D eigenvalue weighted by molar-refractivity contribution is -0.127. The summed E-state index contributed by atoms with van der Waals surface area (Å²) in [5.41, 5.74) is 2.48. The van der Waals surface area contributed by atoms with Crippen molar-refractivity contribution in [2.45, 2.75) is 58.0 Å². The molecule has 0 aromatic heterocycles. The number of hydrogen-bond acceptors (Lipinski definition) is 2. The number of halogens is 1. The third-order valence-corrected chi connectivity index (χ3v) is 5.87. The van der Waals surface area contributed by atoms with Crippen molar-refractivity contribution >= 4 is 27.5 Å². The third-order valence-electron chi connectivity index (χ3n) is 5.38. The average molecular weight is 380 g/mol. The first-order valence-corrected chi connectivity index (χ1v) is 9.44. The summed E-state index contributed by atoms with van der Waals surface area (Å²) in [6.07, 6.45) is 3.94. The lowest BCUT2D eigenvalue weighted by Gasteiger charge is -2.41. The molecule has 2 aliphatic heterocycles. The second-order valence-electron chi connectivity index (χ2n) is 7.41. The molecule has 0 spiro atoms. The van der Waals surface area contributed by atoms with Gasteiger partial charge in [-0.1, -0.05) is 42.8 Å². The van der Waals surface area contributed by atoms with E-state index in [0.29, 0.717) is 6.61 Å². The van der Waals surface area contributed by atoms with Crippen LogP contribution < -0.4 is 4.90 Å². The summed E-state index contributed by atoms with van der Waals surface area (Å²) in [6, 6.07) is 6.35. The number of fused-ring (bicyclic) bond motifs is 1. The van der Waals surface area contributed by atoms with Crippen molar-refractivity contribution in [3.8, 4) is 0 Å². The van der Waals surface area contributed by atoms with Crippen LogP contribution in [0.2, 0.25) is 0 Å². The highest BCUT2D eigenvalue weighted by Gasteiger charge is 2.37. The van der Waals surface area contributed by atoms with Gasteiger partial charge in [0.2, 0.25) is 5.91 Å². The summed E-state index contributed by atoms with van der Waals surface area (Å²) >= 11 is 3.56. The van der Waals surface area contributed by atoms with Gasteiger partial charge in [0.1, 0.15) is 0 Å². The molecule has 3 rings (SSSR count). The fraction of sp³-hybridized carbons (Fsp3) is 0.632. The van der Waals surface area contributed by atoms with Crippen molar-refractivity contribution in [1.82, 2.24) is 0 Å². The van der Waals surface area contributed by atoms with Gasteiger partial charge in [0.05, 0.1) is 6.10 Å². The number of nitrogens with zero attached hydrogens (tertiary/aromatic N) is 1. The summed E-state index contributed by atoms with van der Waals surface area (Å²) in [6.45, 7) is 8.18. The van der Waals surface area contributed by atoms with E-state index >= 15 is 0 Å². The molecule has 1 fully saturated rings. The summed E-state index contributed by atoms with van der Waals surface area (Å²) in [5.74, 6) is 0.378. The van der Waals surface area contributed by atoms with Crippen molar-refractivity contribution in [1.29, 1.82) is 0 Å². The van der Waals surface area contributed by atoms with Gasteiger partial charge in [-0.3, -0.25) is 4.79 Å². The molecule has 1 saturated heterocycles. The van der Waals surface area contributed by atoms with E-state index in [1.165, 1.54) is 5.56 Å². The minimum absolute atomic E-state index is 0.0988. The molecule has 0 bridgehead atoms. The summed E-state index contributed by atoms with van der Waals surface area (Å²) < 4.78 is 6.77. The van der Waals surface area contributed by atoms with Crippen LogP contribution in [0.4, 0.5) is 5.69 Å². The number of hydrogen-bond donors (Lipinski definition) is 0. The van der Waals surface area contributed by atoms with Gasteiger partial charge in [0.25, 0.3) is 0 Å². The first kappa shape index (κ1) is 17.0. The quantitative estimate of drug-likeness (QED) is 0.746. The van der Waals surface area contributed by atoms with E-state index in [1.807, 2.05) is 4.90 Å². The minimum Gasteiger partial charge on any atom is -0.378 e. The zero-order valence-corrected chi connectivity index (χ0v) is 15.9. The van der Waals surface area contributed by atoms with E-state index in [9.17, 15) is 4.79 Å². The van der Waals surface area contributed by atoms with Crippen LogP contribution in [0.1, 0.15) is 52.0 Å². The lowest BCUT2D eigenvalue weighted by atomic mass is 9.77. The lowest BCUT2D eigenvalue weighted by Crippen LogP contribution is -2.45. The van der Waals surface area contributed by atoms with Crippen LogP contribution in [0, 0.1) is 5.92 Å². The van der Waals surface area contributed by atoms with Crippen LogP contribution in [0.15, 0.2) is 22.7 Å². The second kappa shape index (κ2) is 6.56. The van der Waals surface area contributed by atoms with Gasteiger partial charge in [0.15, 0.2) is 0 Å². The Balaban J connectivity index is 1.89. The van der Waals surface area contributed by atoms with Gasteiger partial charge in [0, 0.05) is 29.2 Å². The smallest absolute Gasteiger partial charge is 0.230 e. The zero-order chi connectivity index (χ0) is 16.6. The van der Waals surface area contributed by atoms with Gasteiger partial charge in [-0.05, 0) is 48.8 Å². The predicted molar refractivity (Wildman–Crippen MR) is 96.9 cm³/mol. The maximum atomic E-state index is 13.2. The van der Waals surface area contributed by atoms with E-state index < -0.39 is 0 Å². The largest absolute Gasteiger partial charge is 0.378 e. The highest BCUT2D eigenvalue weighted by atomic mass is 79.9. The van der Waals surface area contributed by atoms with Crippen LogP contribution >= 0.6 is 15.9 Å². The van der Waals surface area contributed by atoms with Gasteiger partial charge in [-0.15, -0.1) is 0 Å². The molecule has 3 nitrogen and oxygen atoms in total. The van der Waals surface area contributed by atoms with Crippen molar-refractivity contribution in [2.24, 2.45) is 5.92 Å². The number of carbonyl (C=O) groups is 1. The number of anilines is 1. The Labute approximate surface area is 147 Å². The first-order valence-electron chi connectivity index (χ1n) is 8.65. The molecule has 1 aromatic rings. The number of rotatable bonds is 2. The summed E-state index contributed by atoms with van der Waals surface area (Å²) in [7, 11) is 0. The summed E-state index contributed by atoms with van der Waals surface area (Å²) in [5, 5.41) is 0. The molecule has 1 aromatic carbocycles. The molecular weight excluding hydrogens is 354 g/mol. The molecule has 0 unspecified atom stereocenters. The molecule has 0 saturated carbocycles. The van der Waals surface area contributed by atoms with Gasteiger partial charge < -0.3 is 9.64 Å². The van der Waals surface area contributed by atoms with Crippen LogP contribution in [-0.4, -0.2) is 25.2 Å². The van der Waals surface area contributed by atoms with Crippen LogP contribution in [-0.2, 0) is 14.9 Å². The monoisotopic (exact) mass is 379 g/mol. The van der Waals surface area contributed by atoms with Crippen molar-refractivity contribution < 1.29 is 9.53 Å². The molecule has 4 heteroatoms. The Morgan fingerprint density at radius 1 is 1.43 bits per heavy atom. The Morgan fingerprint density at radius 2 is 2.22 bits per heavy atom. The molecule has 23 heavy (non-hydrogen) atoms. The first-order chi connectivity index (χ1) is 10.9. The number of amides is 1. The normalized spacial score (nSPS) is 26.7. The SMILES string of the molecule is CC[C@@H]1C[C@H](C(=O)N2CCC(C)(C)c3ccc(Br)cc32)CCO1. The molecule has 0 N–H and O–H groups in total. The Morgan fingerprint density at radius 3 is 2.96 bits per heavy atom. The van der Waals surface area contributed by atoms with E-state index in [1.54, 1.807) is 0 Å². The Kier molecular flexibility index (Phi) is 4.84. The van der Waals surface area contributed by atoms with Gasteiger partial charge in [-0.25, -0.2) is 0 Å². The third kappa shape index (κ3) is 3.34. The molecule has 2 aliphatic rings. The number of ether oxygens (including phenoxy) is 1. The minimum atomic E-state index is 0.0988. The fourth-order valence-corrected chi connectivity index (χ4v) is 4.13. The van der Waals surface area contributed by atoms with Crippen LogP contribution in [0.3, 0.4) is 0 Å². The molecule has 1 amide bonds. The second-order valence-corrected chi connectivity index (χ2v) is 8.32. The number of carbonyl (C=O) groups excluding carboxylic acids is 1. The van der Waals surface area contributed by atoms with Crippen LogP contribution in [0.5, 0.6) is 0 Å². The topological polar surface area (TPSA) is 29.5 Å². The molecule has 126 valence electrons. The van der Waals surface area contributed by atoms with Gasteiger partial charge >= 0.3 is 0 Å².